The molecule has 1 aromatic rings. The van der Waals surface area contributed by atoms with Gasteiger partial charge in [-0.1, -0.05) is 24.3 Å². The van der Waals surface area contributed by atoms with Crippen LogP contribution in [-0.4, -0.2) is 18.9 Å². The number of anilines is 1. The minimum atomic E-state index is -0.157. The molecule has 112 valence electrons. The molecule has 1 saturated heterocycles. The average molecular weight is 295 g/mol. The average Bonchev–Trinajstić information content (AvgIpc) is 3.13. The summed E-state index contributed by atoms with van der Waals surface area (Å²) in [6.07, 6.45) is 6.71. The lowest BCUT2D eigenvalue weighted by Gasteiger charge is -2.22. The maximum atomic E-state index is 13.0. The van der Waals surface area contributed by atoms with Gasteiger partial charge in [-0.05, 0) is 42.2 Å². The van der Waals surface area contributed by atoms with Gasteiger partial charge in [0.15, 0.2) is 0 Å². The van der Waals surface area contributed by atoms with Gasteiger partial charge in [-0.15, -0.1) is 0 Å². The van der Waals surface area contributed by atoms with Crippen molar-refractivity contribution in [1.82, 2.24) is 0 Å². The quantitative estimate of drug-likeness (QED) is 0.622. The van der Waals surface area contributed by atoms with Crippen LogP contribution in [0.1, 0.15) is 12.8 Å². The summed E-state index contributed by atoms with van der Waals surface area (Å²) in [4.78, 5) is 27.3. The summed E-state index contributed by atoms with van der Waals surface area (Å²) in [5.74, 6) is 0.706. The fraction of sp³-hybridized carbons (Fsp3) is 0.444. The third-order valence-corrected chi connectivity index (χ3v) is 6.18. The molecule has 4 atom stereocenters. The van der Waals surface area contributed by atoms with Crippen molar-refractivity contribution in [2.24, 2.45) is 29.1 Å². The molecule has 3 unspecified atom stereocenters. The molecular weight excluding hydrogens is 278 g/mol. The molecule has 3 fully saturated rings. The van der Waals surface area contributed by atoms with Crippen molar-refractivity contribution in [2.45, 2.75) is 12.8 Å². The first kappa shape index (κ1) is 12.4. The van der Waals surface area contributed by atoms with Crippen molar-refractivity contribution >= 4 is 17.5 Å². The molecule has 2 saturated carbocycles. The molecule has 5 rings (SSSR count). The van der Waals surface area contributed by atoms with Crippen LogP contribution in [0, 0.1) is 29.1 Å². The van der Waals surface area contributed by atoms with E-state index in [4.69, 9.17) is 4.74 Å². The monoisotopic (exact) mass is 295 g/mol. The highest BCUT2D eigenvalue weighted by Gasteiger charge is 2.73. The van der Waals surface area contributed by atoms with Gasteiger partial charge in [-0.2, -0.15) is 0 Å². The second-order valence-electron chi connectivity index (χ2n) is 6.90. The van der Waals surface area contributed by atoms with Crippen LogP contribution in [0.2, 0.25) is 0 Å². The number of imide groups is 1. The van der Waals surface area contributed by atoms with E-state index in [2.05, 4.69) is 12.2 Å². The van der Waals surface area contributed by atoms with E-state index in [1.54, 1.807) is 19.2 Å². The number of benzene rings is 1. The Labute approximate surface area is 128 Å². The molecule has 0 N–H and O–H groups in total. The number of methoxy groups -OCH3 is 1. The van der Waals surface area contributed by atoms with Crippen LogP contribution in [0.25, 0.3) is 0 Å². The molecule has 1 heterocycles. The number of amides is 2. The fourth-order valence-corrected chi connectivity index (χ4v) is 5.13. The molecule has 4 aliphatic rings. The third kappa shape index (κ3) is 1.21. The van der Waals surface area contributed by atoms with Gasteiger partial charge in [-0.3, -0.25) is 9.59 Å². The minimum absolute atomic E-state index is 0.0392. The Balaban J connectivity index is 1.59. The summed E-state index contributed by atoms with van der Waals surface area (Å²) in [6, 6.07) is 7.26. The van der Waals surface area contributed by atoms with E-state index in [0.29, 0.717) is 11.4 Å². The van der Waals surface area contributed by atoms with Gasteiger partial charge in [-0.25, -0.2) is 4.90 Å². The van der Waals surface area contributed by atoms with Gasteiger partial charge in [0.1, 0.15) is 5.75 Å². The maximum absolute atomic E-state index is 13.0. The van der Waals surface area contributed by atoms with Crippen molar-refractivity contribution in [3.8, 4) is 5.75 Å². The van der Waals surface area contributed by atoms with Gasteiger partial charge >= 0.3 is 0 Å². The van der Waals surface area contributed by atoms with Crippen molar-refractivity contribution in [1.29, 1.82) is 0 Å². The molecule has 2 amide bonds. The Morgan fingerprint density at radius 2 is 1.64 bits per heavy atom. The third-order valence-electron chi connectivity index (χ3n) is 6.18. The summed E-state index contributed by atoms with van der Waals surface area (Å²) in [6.45, 7) is 0. The molecule has 2 bridgehead atoms. The Hall–Kier alpha value is -2.10. The van der Waals surface area contributed by atoms with Crippen molar-refractivity contribution in [3.05, 3.63) is 36.4 Å². The van der Waals surface area contributed by atoms with E-state index in [9.17, 15) is 9.59 Å². The molecular formula is C18H17NO3. The summed E-state index contributed by atoms with van der Waals surface area (Å²) in [5, 5.41) is 0. The fourth-order valence-electron chi connectivity index (χ4n) is 5.13. The number of para-hydroxylation sites is 2. The first-order valence-corrected chi connectivity index (χ1v) is 7.88. The van der Waals surface area contributed by atoms with Gasteiger partial charge in [0, 0.05) is 0 Å². The summed E-state index contributed by atoms with van der Waals surface area (Å²) >= 11 is 0. The highest BCUT2D eigenvalue weighted by Crippen LogP contribution is 2.73. The smallest absolute Gasteiger partial charge is 0.238 e. The molecule has 3 aliphatic carbocycles. The van der Waals surface area contributed by atoms with Crippen LogP contribution in [0.5, 0.6) is 5.75 Å². The van der Waals surface area contributed by atoms with Crippen molar-refractivity contribution in [2.75, 3.05) is 12.0 Å². The molecule has 0 radical (unpaired) electrons. The molecule has 1 aromatic carbocycles. The Morgan fingerprint density at radius 1 is 1.05 bits per heavy atom. The summed E-state index contributed by atoms with van der Waals surface area (Å²) < 4.78 is 5.34. The Morgan fingerprint density at radius 3 is 2.18 bits per heavy atom. The number of hydrogen-bond donors (Lipinski definition) is 0. The molecule has 4 heteroatoms. The second-order valence-corrected chi connectivity index (χ2v) is 6.90. The van der Waals surface area contributed by atoms with E-state index in [1.807, 2.05) is 12.1 Å². The van der Waals surface area contributed by atoms with Crippen LogP contribution in [-0.2, 0) is 9.59 Å². The zero-order valence-electron chi connectivity index (χ0n) is 12.4. The Bertz CT molecular complexity index is 700. The minimum Gasteiger partial charge on any atom is -0.495 e. The van der Waals surface area contributed by atoms with Crippen LogP contribution < -0.4 is 9.64 Å². The number of carbonyl (C=O) groups excluding carboxylic acids is 2. The molecule has 1 spiro atoms. The number of ether oxygens (including phenoxy) is 1. The molecule has 1 aliphatic heterocycles. The van der Waals surface area contributed by atoms with Crippen molar-refractivity contribution < 1.29 is 14.3 Å². The van der Waals surface area contributed by atoms with Gasteiger partial charge < -0.3 is 4.74 Å². The van der Waals surface area contributed by atoms with Crippen LogP contribution >= 0.6 is 0 Å². The number of carbonyl (C=O) groups is 2. The van der Waals surface area contributed by atoms with E-state index >= 15 is 0 Å². The van der Waals surface area contributed by atoms with E-state index in [-0.39, 0.29) is 40.9 Å². The van der Waals surface area contributed by atoms with Gasteiger partial charge in [0.25, 0.3) is 0 Å². The summed E-state index contributed by atoms with van der Waals surface area (Å²) in [5.41, 5.74) is 0.826. The normalized spacial score (nSPS) is 36.3. The van der Waals surface area contributed by atoms with Crippen LogP contribution in [0.4, 0.5) is 5.69 Å². The molecule has 4 nitrogen and oxygen atoms in total. The molecule has 22 heavy (non-hydrogen) atoms. The lowest BCUT2D eigenvalue weighted by Crippen LogP contribution is -2.35. The summed E-state index contributed by atoms with van der Waals surface area (Å²) in [7, 11) is 1.56. The van der Waals surface area contributed by atoms with E-state index in [1.165, 1.54) is 4.90 Å². The number of nitrogens with zero attached hydrogens (tertiary/aromatic N) is 1. The maximum Gasteiger partial charge on any atom is 0.238 e. The predicted molar refractivity (Wildman–Crippen MR) is 80.3 cm³/mol. The SMILES string of the molecule is COc1ccccc1N1C(=O)C2C3C=CC([C@@H]2C1=O)C31CC1. The first-order chi connectivity index (χ1) is 10.7. The van der Waals surface area contributed by atoms with E-state index < -0.39 is 0 Å². The number of allylic oxidation sites excluding steroid dienone is 2. The molecule has 0 aromatic heterocycles. The van der Waals surface area contributed by atoms with Crippen molar-refractivity contribution in [3.63, 3.8) is 0 Å². The largest absolute Gasteiger partial charge is 0.495 e. The lowest BCUT2D eigenvalue weighted by atomic mass is 9.85. The van der Waals surface area contributed by atoms with Gasteiger partial charge in [0.2, 0.25) is 11.8 Å². The van der Waals surface area contributed by atoms with Gasteiger partial charge in [0.05, 0.1) is 24.6 Å². The van der Waals surface area contributed by atoms with Crippen LogP contribution in [0.3, 0.4) is 0 Å². The topological polar surface area (TPSA) is 46.6 Å². The zero-order chi connectivity index (χ0) is 15.1. The Kier molecular flexibility index (Phi) is 2.15. The highest BCUT2D eigenvalue weighted by molar-refractivity contribution is 6.23. The highest BCUT2D eigenvalue weighted by atomic mass is 16.5. The van der Waals surface area contributed by atoms with E-state index in [0.717, 1.165) is 12.8 Å². The second kappa shape index (κ2) is 3.80. The standard InChI is InChI=1S/C18H17NO3/c1-22-13-5-3-2-4-12(13)19-16(20)14-10-6-7-11(15(14)17(19)21)18(10)8-9-18/h2-7,10-11,14-15H,8-9H2,1H3/t10?,11?,14-,15?/m0/s1. The number of hydrogen-bond acceptors (Lipinski definition) is 3. The van der Waals surface area contributed by atoms with Crippen LogP contribution in [0.15, 0.2) is 36.4 Å². The number of fused-ring (bicyclic) bond motifs is 3. The first-order valence-electron chi connectivity index (χ1n) is 7.88. The predicted octanol–water partition coefficient (Wildman–Crippen LogP) is 2.40. The lowest BCUT2D eigenvalue weighted by molar-refractivity contribution is -0.123. The zero-order valence-corrected chi connectivity index (χ0v) is 12.4. The number of rotatable bonds is 2.